The van der Waals surface area contributed by atoms with Crippen LogP contribution in [0.1, 0.15) is 25.1 Å². The number of hydrogen-bond acceptors (Lipinski definition) is 5. The summed E-state index contributed by atoms with van der Waals surface area (Å²) in [6.07, 6.45) is 6.62. The largest absolute Gasteiger partial charge is 0.497 e. The number of thioether (sulfide) groups is 1. The third-order valence-corrected chi connectivity index (χ3v) is 6.24. The van der Waals surface area contributed by atoms with Gasteiger partial charge in [0.15, 0.2) is 0 Å². The number of hydrogen-bond donors (Lipinski definition) is 0. The van der Waals surface area contributed by atoms with Crippen LogP contribution in [0.5, 0.6) is 5.75 Å². The van der Waals surface area contributed by atoms with Crippen LogP contribution in [-0.4, -0.2) is 17.5 Å². The summed E-state index contributed by atoms with van der Waals surface area (Å²) in [6.45, 7) is 4.54. The highest BCUT2D eigenvalue weighted by Gasteiger charge is 2.32. The van der Waals surface area contributed by atoms with Gasteiger partial charge in [0, 0.05) is 11.9 Å². The van der Waals surface area contributed by atoms with E-state index in [0.717, 1.165) is 17.9 Å². The van der Waals surface area contributed by atoms with E-state index < -0.39 is 0 Å². The molecule has 1 aromatic heterocycles. The molecule has 0 N–H and O–H groups in total. The van der Waals surface area contributed by atoms with Crippen LogP contribution >= 0.6 is 23.1 Å². The summed E-state index contributed by atoms with van der Waals surface area (Å²) in [6, 6.07) is 8.19. The van der Waals surface area contributed by atoms with Crippen LogP contribution in [-0.2, 0) is 0 Å². The lowest BCUT2D eigenvalue weighted by Crippen LogP contribution is -2.30. The SMILES string of the molecule is CCC(C)C1SC(c2cncs2)=[C]N1c1ccc(OC)cc1. The van der Waals surface area contributed by atoms with E-state index >= 15 is 0 Å². The van der Waals surface area contributed by atoms with Crippen molar-refractivity contribution in [3.8, 4) is 5.75 Å². The zero-order valence-electron chi connectivity index (χ0n) is 12.9. The van der Waals surface area contributed by atoms with Gasteiger partial charge >= 0.3 is 0 Å². The molecule has 3 nitrogen and oxygen atoms in total. The van der Waals surface area contributed by atoms with E-state index in [1.165, 1.54) is 9.78 Å². The first kappa shape index (κ1) is 15.4. The summed E-state index contributed by atoms with van der Waals surface area (Å²) in [5, 5.41) is 0.371. The van der Waals surface area contributed by atoms with Crippen molar-refractivity contribution in [1.29, 1.82) is 0 Å². The number of anilines is 1. The molecule has 0 fully saturated rings. The number of methoxy groups -OCH3 is 1. The standard InChI is InChI=1S/C17H19N2OS2/c1-4-12(2)17-19(13-5-7-14(20-3)8-6-13)10-16(22-17)15-9-18-11-21-15/h5-9,11-12,17H,4H2,1-3H3. The fourth-order valence-corrected chi connectivity index (χ4v) is 4.40. The van der Waals surface area contributed by atoms with Crippen molar-refractivity contribution in [2.45, 2.75) is 25.6 Å². The average Bonchev–Trinajstić information content (AvgIpc) is 3.23. The lowest BCUT2D eigenvalue weighted by Gasteiger charge is -2.28. The van der Waals surface area contributed by atoms with E-state index in [1.54, 1.807) is 18.4 Å². The average molecular weight is 331 g/mol. The third kappa shape index (κ3) is 3.01. The van der Waals surface area contributed by atoms with Crippen LogP contribution < -0.4 is 9.64 Å². The van der Waals surface area contributed by atoms with Gasteiger partial charge in [-0.3, -0.25) is 4.98 Å². The van der Waals surface area contributed by atoms with Gasteiger partial charge in [-0.05, 0) is 30.2 Å². The number of thiazole rings is 1. The zero-order valence-corrected chi connectivity index (χ0v) is 14.6. The highest BCUT2D eigenvalue weighted by atomic mass is 32.2. The van der Waals surface area contributed by atoms with Crippen LogP contribution in [0.2, 0.25) is 0 Å². The van der Waals surface area contributed by atoms with Crippen molar-refractivity contribution in [2.75, 3.05) is 12.0 Å². The van der Waals surface area contributed by atoms with Gasteiger partial charge in [0.1, 0.15) is 5.75 Å². The van der Waals surface area contributed by atoms with Crippen molar-refractivity contribution in [3.05, 3.63) is 47.0 Å². The minimum atomic E-state index is 0.371. The molecule has 1 radical (unpaired) electrons. The summed E-state index contributed by atoms with van der Waals surface area (Å²) in [7, 11) is 1.69. The maximum absolute atomic E-state index is 5.25. The molecule has 2 aromatic rings. The van der Waals surface area contributed by atoms with E-state index in [9.17, 15) is 0 Å². The van der Waals surface area contributed by atoms with Crippen molar-refractivity contribution in [1.82, 2.24) is 4.98 Å². The molecule has 2 heterocycles. The second-order valence-electron chi connectivity index (χ2n) is 5.27. The Labute approximate surface area is 140 Å². The Balaban J connectivity index is 1.92. The molecule has 0 saturated heterocycles. The molecule has 0 amide bonds. The first-order chi connectivity index (χ1) is 10.7. The fourth-order valence-electron chi connectivity index (χ4n) is 2.34. The first-order valence-corrected chi connectivity index (χ1v) is 9.11. The Bertz CT molecular complexity index is 637. The molecule has 2 unspecified atom stereocenters. The molecular formula is C17H19N2OS2. The lowest BCUT2D eigenvalue weighted by molar-refractivity contribution is 0.415. The minimum absolute atomic E-state index is 0.371. The summed E-state index contributed by atoms with van der Waals surface area (Å²) < 4.78 is 5.25. The Morgan fingerprint density at radius 2 is 2.14 bits per heavy atom. The quantitative estimate of drug-likeness (QED) is 0.780. The molecule has 0 saturated carbocycles. The number of nitrogens with zero attached hydrogens (tertiary/aromatic N) is 2. The monoisotopic (exact) mass is 331 g/mol. The Morgan fingerprint density at radius 1 is 1.36 bits per heavy atom. The molecule has 3 rings (SSSR count). The van der Waals surface area contributed by atoms with E-state index in [0.29, 0.717) is 11.3 Å². The summed E-state index contributed by atoms with van der Waals surface area (Å²) >= 11 is 3.55. The Morgan fingerprint density at radius 3 is 2.73 bits per heavy atom. The number of aromatic nitrogens is 1. The smallest absolute Gasteiger partial charge is 0.119 e. The van der Waals surface area contributed by atoms with Crippen molar-refractivity contribution in [3.63, 3.8) is 0 Å². The van der Waals surface area contributed by atoms with Gasteiger partial charge in [-0.2, -0.15) is 0 Å². The Kier molecular flexibility index (Phi) is 4.74. The summed E-state index contributed by atoms with van der Waals surface area (Å²) in [5.41, 5.74) is 3.02. The highest BCUT2D eigenvalue weighted by Crippen LogP contribution is 2.45. The highest BCUT2D eigenvalue weighted by molar-refractivity contribution is 8.09. The molecule has 1 aliphatic rings. The molecule has 1 aliphatic heterocycles. The molecule has 1 aromatic carbocycles. The van der Waals surface area contributed by atoms with Gasteiger partial charge in [0.2, 0.25) is 0 Å². The first-order valence-electron chi connectivity index (χ1n) is 7.35. The van der Waals surface area contributed by atoms with Crippen molar-refractivity contribution in [2.24, 2.45) is 5.92 Å². The van der Waals surface area contributed by atoms with Crippen LogP contribution in [0.15, 0.2) is 36.0 Å². The molecule has 0 aliphatic carbocycles. The fraction of sp³-hybridized carbons (Fsp3) is 0.353. The molecule has 5 heteroatoms. The van der Waals surface area contributed by atoms with Crippen molar-refractivity contribution >= 4 is 33.7 Å². The van der Waals surface area contributed by atoms with Crippen LogP contribution in [0, 0.1) is 12.1 Å². The predicted molar refractivity (Wildman–Crippen MR) is 95.1 cm³/mol. The van der Waals surface area contributed by atoms with E-state index in [4.69, 9.17) is 4.74 Å². The van der Waals surface area contributed by atoms with Gasteiger partial charge in [-0.15, -0.1) is 11.3 Å². The van der Waals surface area contributed by atoms with Crippen LogP contribution in [0.3, 0.4) is 0 Å². The summed E-state index contributed by atoms with van der Waals surface area (Å²) in [5.74, 6) is 1.45. The van der Waals surface area contributed by atoms with Gasteiger partial charge in [-0.25, -0.2) is 0 Å². The number of ether oxygens (including phenoxy) is 1. The number of rotatable bonds is 5. The molecular weight excluding hydrogens is 312 g/mol. The van der Waals surface area contributed by atoms with Gasteiger partial charge < -0.3 is 9.64 Å². The minimum Gasteiger partial charge on any atom is -0.497 e. The van der Waals surface area contributed by atoms with Gasteiger partial charge in [0.25, 0.3) is 0 Å². The van der Waals surface area contributed by atoms with E-state index in [2.05, 4.69) is 42.1 Å². The van der Waals surface area contributed by atoms with Crippen LogP contribution in [0.4, 0.5) is 5.69 Å². The lowest BCUT2D eigenvalue weighted by atomic mass is 10.1. The molecule has 0 bridgehead atoms. The number of benzene rings is 1. The molecule has 2 atom stereocenters. The second kappa shape index (κ2) is 6.75. The maximum Gasteiger partial charge on any atom is 0.119 e. The predicted octanol–water partition coefficient (Wildman–Crippen LogP) is 4.88. The summed E-state index contributed by atoms with van der Waals surface area (Å²) in [4.78, 5) is 8.82. The third-order valence-electron chi connectivity index (χ3n) is 3.85. The van der Waals surface area contributed by atoms with Crippen molar-refractivity contribution < 1.29 is 4.74 Å². The topological polar surface area (TPSA) is 25.4 Å². The van der Waals surface area contributed by atoms with E-state index in [1.807, 2.05) is 35.6 Å². The second-order valence-corrected chi connectivity index (χ2v) is 7.28. The van der Waals surface area contributed by atoms with Gasteiger partial charge in [0.05, 0.1) is 34.0 Å². The molecule has 0 spiro atoms. The Hall–Kier alpha value is -1.46. The molecule has 115 valence electrons. The zero-order chi connectivity index (χ0) is 15.5. The molecule has 22 heavy (non-hydrogen) atoms. The van der Waals surface area contributed by atoms with Crippen LogP contribution in [0.25, 0.3) is 4.91 Å². The van der Waals surface area contributed by atoms with Gasteiger partial charge in [-0.1, -0.05) is 32.0 Å². The van der Waals surface area contributed by atoms with E-state index in [-0.39, 0.29) is 0 Å². The maximum atomic E-state index is 5.25. The normalized spacial score (nSPS) is 19.1.